The Bertz CT molecular complexity index is 336. The Kier molecular flexibility index (Phi) is 5.94. The zero-order chi connectivity index (χ0) is 12.7. The van der Waals surface area contributed by atoms with Gasteiger partial charge in [-0.05, 0) is 37.4 Å². The Morgan fingerprint density at radius 2 is 1.76 bits per heavy atom. The van der Waals surface area contributed by atoms with Gasteiger partial charge in [0, 0.05) is 12.7 Å². The normalized spacial score (nSPS) is 10.4. The van der Waals surface area contributed by atoms with Gasteiger partial charge in [-0.3, -0.25) is 4.90 Å². The van der Waals surface area contributed by atoms with Crippen LogP contribution in [0, 0.1) is 0 Å². The van der Waals surface area contributed by atoms with Crippen LogP contribution in [0.4, 0.5) is 5.69 Å². The van der Waals surface area contributed by atoms with E-state index in [4.69, 9.17) is 12.2 Å². The fraction of sp³-hybridized carbons (Fsp3) is 0.462. The highest BCUT2D eigenvalue weighted by atomic mass is 32.1. The second-order valence-corrected chi connectivity index (χ2v) is 4.22. The number of rotatable bonds is 5. The molecule has 0 bridgehead atoms. The van der Waals surface area contributed by atoms with Crippen molar-refractivity contribution < 1.29 is 0 Å². The molecule has 94 valence electrons. The minimum absolute atomic E-state index is 0.753. The maximum Gasteiger partial charge on any atom is 0.174 e. The van der Waals surface area contributed by atoms with Crippen LogP contribution in [0.15, 0.2) is 30.3 Å². The minimum Gasteiger partial charge on any atom is -0.350 e. The summed E-state index contributed by atoms with van der Waals surface area (Å²) in [7, 11) is 1.98. The SMILES string of the molecule is CCN(CC)CNC(=S)N(C)c1ccccc1. The Balaban J connectivity index is 2.48. The Morgan fingerprint density at radius 1 is 1.18 bits per heavy atom. The standard InChI is InChI=1S/C13H21N3S/c1-4-16(5-2)11-14-13(17)15(3)12-9-7-6-8-10-12/h6-10H,4-5,11H2,1-3H3,(H,14,17). The van der Waals surface area contributed by atoms with Crippen LogP contribution in [0.1, 0.15) is 13.8 Å². The maximum atomic E-state index is 5.36. The first-order valence-electron chi connectivity index (χ1n) is 5.98. The smallest absolute Gasteiger partial charge is 0.174 e. The highest BCUT2D eigenvalue weighted by molar-refractivity contribution is 7.80. The molecule has 0 heterocycles. The fourth-order valence-corrected chi connectivity index (χ4v) is 1.68. The summed E-state index contributed by atoms with van der Waals surface area (Å²) in [5.74, 6) is 0. The van der Waals surface area contributed by atoms with Crippen molar-refractivity contribution >= 4 is 23.0 Å². The summed E-state index contributed by atoms with van der Waals surface area (Å²) in [6, 6.07) is 10.1. The van der Waals surface area contributed by atoms with Crippen LogP contribution in [-0.4, -0.2) is 36.8 Å². The molecule has 17 heavy (non-hydrogen) atoms. The topological polar surface area (TPSA) is 18.5 Å². The predicted octanol–water partition coefficient (Wildman–Crippen LogP) is 2.30. The van der Waals surface area contributed by atoms with E-state index in [1.54, 1.807) is 0 Å². The zero-order valence-electron chi connectivity index (χ0n) is 10.8. The van der Waals surface area contributed by atoms with Crippen molar-refractivity contribution in [2.45, 2.75) is 13.8 Å². The quantitative estimate of drug-likeness (QED) is 0.639. The van der Waals surface area contributed by atoms with Gasteiger partial charge in [0.05, 0.1) is 6.67 Å². The van der Waals surface area contributed by atoms with Gasteiger partial charge in [0.2, 0.25) is 0 Å². The molecule has 1 N–H and O–H groups in total. The lowest BCUT2D eigenvalue weighted by atomic mass is 10.3. The van der Waals surface area contributed by atoms with E-state index in [2.05, 4.69) is 24.1 Å². The van der Waals surface area contributed by atoms with E-state index >= 15 is 0 Å². The van der Waals surface area contributed by atoms with Gasteiger partial charge in [-0.25, -0.2) is 0 Å². The molecular weight excluding hydrogens is 230 g/mol. The molecule has 1 aromatic rings. The van der Waals surface area contributed by atoms with Crippen molar-refractivity contribution in [3.05, 3.63) is 30.3 Å². The van der Waals surface area contributed by atoms with Crippen LogP contribution < -0.4 is 10.2 Å². The summed E-state index contributed by atoms with van der Waals surface area (Å²) in [6.07, 6.45) is 0. The first kappa shape index (κ1) is 13.9. The highest BCUT2D eigenvalue weighted by Crippen LogP contribution is 2.10. The lowest BCUT2D eigenvalue weighted by Crippen LogP contribution is -2.43. The van der Waals surface area contributed by atoms with E-state index in [0.29, 0.717) is 0 Å². The Morgan fingerprint density at radius 3 is 2.29 bits per heavy atom. The van der Waals surface area contributed by atoms with Crippen LogP contribution in [0.3, 0.4) is 0 Å². The Hall–Kier alpha value is -1.13. The lowest BCUT2D eigenvalue weighted by Gasteiger charge is -2.24. The van der Waals surface area contributed by atoms with Crippen LogP contribution in [-0.2, 0) is 0 Å². The predicted molar refractivity (Wildman–Crippen MR) is 78.4 cm³/mol. The number of hydrogen-bond acceptors (Lipinski definition) is 2. The number of nitrogens with zero attached hydrogens (tertiary/aromatic N) is 2. The number of para-hydroxylation sites is 1. The average molecular weight is 251 g/mol. The van der Waals surface area contributed by atoms with E-state index in [1.165, 1.54) is 0 Å². The summed E-state index contributed by atoms with van der Waals surface area (Å²) in [5.41, 5.74) is 1.10. The van der Waals surface area contributed by atoms with Crippen molar-refractivity contribution in [1.29, 1.82) is 0 Å². The zero-order valence-corrected chi connectivity index (χ0v) is 11.6. The molecule has 0 amide bonds. The third-order valence-corrected chi connectivity index (χ3v) is 3.21. The van der Waals surface area contributed by atoms with Crippen molar-refractivity contribution in [1.82, 2.24) is 10.2 Å². The maximum absolute atomic E-state index is 5.36. The number of thiocarbonyl (C=S) groups is 1. The van der Waals surface area contributed by atoms with E-state index in [-0.39, 0.29) is 0 Å². The molecule has 1 aromatic carbocycles. The van der Waals surface area contributed by atoms with Crippen LogP contribution in [0.25, 0.3) is 0 Å². The molecule has 0 aliphatic heterocycles. The molecule has 0 aliphatic carbocycles. The average Bonchev–Trinajstić information content (AvgIpc) is 2.39. The van der Waals surface area contributed by atoms with E-state index in [0.717, 1.165) is 30.6 Å². The van der Waals surface area contributed by atoms with Gasteiger partial charge in [-0.15, -0.1) is 0 Å². The number of anilines is 1. The van der Waals surface area contributed by atoms with Crippen molar-refractivity contribution in [3.63, 3.8) is 0 Å². The van der Waals surface area contributed by atoms with Crippen molar-refractivity contribution in [2.24, 2.45) is 0 Å². The van der Waals surface area contributed by atoms with Crippen molar-refractivity contribution in [2.75, 3.05) is 31.7 Å². The first-order valence-corrected chi connectivity index (χ1v) is 6.38. The van der Waals surface area contributed by atoms with Gasteiger partial charge in [0.1, 0.15) is 0 Å². The molecular formula is C13H21N3S. The molecule has 0 saturated heterocycles. The summed E-state index contributed by atoms with van der Waals surface area (Å²) in [5, 5.41) is 4.02. The van der Waals surface area contributed by atoms with E-state index in [1.807, 2.05) is 42.3 Å². The lowest BCUT2D eigenvalue weighted by molar-refractivity contribution is 0.298. The summed E-state index contributed by atoms with van der Waals surface area (Å²) in [6.45, 7) is 7.15. The van der Waals surface area contributed by atoms with Gasteiger partial charge in [-0.1, -0.05) is 32.0 Å². The molecule has 1 rings (SSSR count). The number of nitrogens with one attached hydrogen (secondary N) is 1. The second-order valence-electron chi connectivity index (χ2n) is 3.84. The fourth-order valence-electron chi connectivity index (χ4n) is 1.51. The molecule has 4 heteroatoms. The second kappa shape index (κ2) is 7.25. The molecule has 0 aromatic heterocycles. The molecule has 0 aliphatic rings. The van der Waals surface area contributed by atoms with Gasteiger partial charge in [0.15, 0.2) is 5.11 Å². The van der Waals surface area contributed by atoms with E-state index < -0.39 is 0 Å². The van der Waals surface area contributed by atoms with Crippen molar-refractivity contribution in [3.8, 4) is 0 Å². The minimum atomic E-state index is 0.753. The molecule has 0 radical (unpaired) electrons. The van der Waals surface area contributed by atoms with Crippen LogP contribution in [0.2, 0.25) is 0 Å². The molecule has 0 unspecified atom stereocenters. The molecule has 0 saturated carbocycles. The third-order valence-electron chi connectivity index (χ3n) is 2.80. The number of benzene rings is 1. The summed E-state index contributed by atoms with van der Waals surface area (Å²) < 4.78 is 0. The third kappa shape index (κ3) is 4.32. The van der Waals surface area contributed by atoms with Gasteiger partial charge in [-0.2, -0.15) is 0 Å². The molecule has 3 nitrogen and oxygen atoms in total. The largest absolute Gasteiger partial charge is 0.350 e. The van der Waals surface area contributed by atoms with Crippen LogP contribution >= 0.6 is 12.2 Å². The van der Waals surface area contributed by atoms with Gasteiger partial charge >= 0.3 is 0 Å². The Labute approximate surface area is 109 Å². The summed E-state index contributed by atoms with van der Waals surface area (Å²) >= 11 is 5.36. The molecule has 0 spiro atoms. The molecule has 0 fully saturated rings. The highest BCUT2D eigenvalue weighted by Gasteiger charge is 2.06. The number of hydrogen-bond donors (Lipinski definition) is 1. The van der Waals surface area contributed by atoms with E-state index in [9.17, 15) is 0 Å². The van der Waals surface area contributed by atoms with Gasteiger partial charge in [0.25, 0.3) is 0 Å². The molecule has 0 atom stereocenters. The monoisotopic (exact) mass is 251 g/mol. The van der Waals surface area contributed by atoms with Gasteiger partial charge < -0.3 is 10.2 Å². The first-order chi connectivity index (χ1) is 8.19. The van der Waals surface area contributed by atoms with Crippen LogP contribution in [0.5, 0.6) is 0 Å². The summed E-state index contributed by atoms with van der Waals surface area (Å²) in [4.78, 5) is 4.27.